The van der Waals surface area contributed by atoms with Crippen molar-refractivity contribution in [2.24, 2.45) is 0 Å². The fourth-order valence-electron chi connectivity index (χ4n) is 4.45. The highest BCUT2D eigenvalue weighted by atomic mass is 32.2. The summed E-state index contributed by atoms with van der Waals surface area (Å²) in [5.74, 6) is -0.229. The summed E-state index contributed by atoms with van der Waals surface area (Å²) in [6, 6.07) is 13.7. The minimum atomic E-state index is -3.92. The lowest BCUT2D eigenvalue weighted by atomic mass is 9.78. The van der Waals surface area contributed by atoms with Gasteiger partial charge in [0.1, 0.15) is 0 Å². The molecule has 0 unspecified atom stereocenters. The van der Waals surface area contributed by atoms with Gasteiger partial charge in [0.05, 0.1) is 15.2 Å². The topological polar surface area (TPSA) is 144 Å². The van der Waals surface area contributed by atoms with Crippen LogP contribution in [0.2, 0.25) is 0 Å². The number of benzene rings is 2. The van der Waals surface area contributed by atoms with Gasteiger partial charge in [0.2, 0.25) is 11.9 Å². The van der Waals surface area contributed by atoms with E-state index in [1.54, 1.807) is 32.0 Å². The Morgan fingerprint density at radius 1 is 0.971 bits per heavy atom. The molecule has 35 heavy (non-hydrogen) atoms. The average molecular weight is 496 g/mol. The molecule has 0 aliphatic heterocycles. The summed E-state index contributed by atoms with van der Waals surface area (Å²) in [6.07, 6.45) is 2.99. The summed E-state index contributed by atoms with van der Waals surface area (Å²) >= 11 is 0. The van der Waals surface area contributed by atoms with Crippen molar-refractivity contribution in [3.63, 3.8) is 0 Å². The molecule has 1 amide bonds. The van der Waals surface area contributed by atoms with Gasteiger partial charge in [-0.1, -0.05) is 25.0 Å². The molecule has 0 radical (unpaired) electrons. The minimum absolute atomic E-state index is 0.00390. The Kier molecular flexibility index (Phi) is 6.53. The van der Waals surface area contributed by atoms with E-state index in [4.69, 9.17) is 0 Å². The maximum atomic E-state index is 13.4. The molecule has 4 rings (SSSR count). The summed E-state index contributed by atoms with van der Waals surface area (Å²) < 4.78 is 27.9. The zero-order chi connectivity index (χ0) is 25.2. The number of nitro benzene ring substituents is 1. The van der Waals surface area contributed by atoms with Crippen LogP contribution in [0.1, 0.15) is 42.6 Å². The maximum Gasteiger partial charge on any atom is 0.269 e. The first kappa shape index (κ1) is 24.3. The van der Waals surface area contributed by atoms with Crippen molar-refractivity contribution in [3.05, 3.63) is 81.7 Å². The number of sulfonamides is 1. The number of carbonyl (C=O) groups is 1. The van der Waals surface area contributed by atoms with Crippen molar-refractivity contribution < 1.29 is 18.1 Å². The molecule has 3 aromatic rings. The van der Waals surface area contributed by atoms with Crippen molar-refractivity contribution >= 4 is 33.3 Å². The number of amides is 1. The summed E-state index contributed by atoms with van der Waals surface area (Å²) in [5, 5.41) is 13.9. The fourth-order valence-corrected chi connectivity index (χ4v) is 5.39. The van der Waals surface area contributed by atoms with E-state index in [0.29, 0.717) is 29.9 Å². The van der Waals surface area contributed by atoms with Gasteiger partial charge in [0.25, 0.3) is 15.7 Å². The molecule has 1 saturated carbocycles. The standard InChI is InChI=1S/C24H25N5O5S/c1-16-15-17(2)26-23(25-16)28-35(33,34)21-11-7-19(8-12-21)27-22(30)24(13-3-4-14-24)18-5-9-20(10-6-18)29(31)32/h5-12,15H,3-4,13-14H2,1-2H3,(H,27,30)(H,25,26,28). The van der Waals surface area contributed by atoms with Crippen LogP contribution in [0.5, 0.6) is 0 Å². The van der Waals surface area contributed by atoms with Crippen LogP contribution in [-0.4, -0.2) is 29.2 Å². The number of aryl methyl sites for hydroxylation is 2. The summed E-state index contributed by atoms with van der Waals surface area (Å²) in [5.41, 5.74) is 1.64. The van der Waals surface area contributed by atoms with Crippen molar-refractivity contribution in [1.29, 1.82) is 0 Å². The number of carbonyl (C=O) groups excluding carboxylic acids is 1. The predicted octanol–water partition coefficient (Wildman–Crippen LogP) is 4.25. The van der Waals surface area contributed by atoms with Crippen LogP contribution >= 0.6 is 0 Å². The Morgan fingerprint density at radius 2 is 1.54 bits per heavy atom. The van der Waals surface area contributed by atoms with Crippen molar-refractivity contribution in [2.75, 3.05) is 10.0 Å². The van der Waals surface area contributed by atoms with Crippen molar-refractivity contribution in [1.82, 2.24) is 9.97 Å². The molecule has 1 heterocycles. The first-order valence-corrected chi connectivity index (χ1v) is 12.6. The molecular weight excluding hydrogens is 470 g/mol. The van der Waals surface area contributed by atoms with E-state index in [1.165, 1.54) is 36.4 Å². The molecule has 0 atom stereocenters. The lowest BCUT2D eigenvalue weighted by Crippen LogP contribution is -2.38. The molecule has 1 aromatic heterocycles. The van der Waals surface area contributed by atoms with Crippen LogP contribution in [0.25, 0.3) is 0 Å². The molecule has 11 heteroatoms. The highest BCUT2D eigenvalue weighted by molar-refractivity contribution is 7.92. The second-order valence-electron chi connectivity index (χ2n) is 8.65. The molecule has 1 fully saturated rings. The highest BCUT2D eigenvalue weighted by Crippen LogP contribution is 2.42. The second kappa shape index (κ2) is 9.41. The van der Waals surface area contributed by atoms with Gasteiger partial charge >= 0.3 is 0 Å². The van der Waals surface area contributed by atoms with Gasteiger partial charge in [-0.25, -0.2) is 23.1 Å². The third-order valence-electron chi connectivity index (χ3n) is 6.15. The van der Waals surface area contributed by atoms with Gasteiger partial charge in [-0.15, -0.1) is 0 Å². The number of hydrogen-bond donors (Lipinski definition) is 2. The van der Waals surface area contributed by atoms with E-state index in [9.17, 15) is 23.3 Å². The largest absolute Gasteiger partial charge is 0.325 e. The smallest absolute Gasteiger partial charge is 0.269 e. The molecule has 0 bridgehead atoms. The number of anilines is 2. The van der Waals surface area contributed by atoms with Gasteiger partial charge < -0.3 is 5.32 Å². The van der Waals surface area contributed by atoms with E-state index in [2.05, 4.69) is 20.0 Å². The van der Waals surface area contributed by atoms with Gasteiger partial charge in [0.15, 0.2) is 0 Å². The summed E-state index contributed by atoms with van der Waals surface area (Å²) in [6.45, 7) is 3.50. The van der Waals surface area contributed by atoms with Crippen LogP contribution in [0.15, 0.2) is 59.5 Å². The SMILES string of the molecule is Cc1cc(C)nc(NS(=O)(=O)c2ccc(NC(=O)C3(c4ccc([N+](=O)[O-])cc4)CCCC3)cc2)n1. The third-order valence-corrected chi connectivity index (χ3v) is 7.50. The molecule has 1 aliphatic carbocycles. The van der Waals surface area contributed by atoms with E-state index in [0.717, 1.165) is 18.4 Å². The predicted molar refractivity (Wildman–Crippen MR) is 131 cm³/mol. The zero-order valence-corrected chi connectivity index (χ0v) is 20.1. The number of aromatic nitrogens is 2. The number of rotatable bonds is 7. The van der Waals surface area contributed by atoms with Gasteiger partial charge in [-0.05, 0) is 62.6 Å². The second-order valence-corrected chi connectivity index (χ2v) is 10.3. The quantitative estimate of drug-likeness (QED) is 0.368. The van der Waals surface area contributed by atoms with E-state index in [1.807, 2.05) is 0 Å². The first-order valence-electron chi connectivity index (χ1n) is 11.1. The van der Waals surface area contributed by atoms with Crippen LogP contribution in [0.3, 0.4) is 0 Å². The molecule has 182 valence electrons. The van der Waals surface area contributed by atoms with Gasteiger partial charge in [-0.3, -0.25) is 14.9 Å². The Labute approximate surface area is 203 Å². The number of nitro groups is 1. The molecule has 2 N–H and O–H groups in total. The average Bonchev–Trinajstić information content (AvgIpc) is 3.30. The number of hydrogen-bond acceptors (Lipinski definition) is 7. The van der Waals surface area contributed by atoms with Crippen LogP contribution in [0.4, 0.5) is 17.3 Å². The summed E-state index contributed by atoms with van der Waals surface area (Å²) in [7, 11) is -3.92. The lowest BCUT2D eigenvalue weighted by molar-refractivity contribution is -0.384. The molecule has 10 nitrogen and oxygen atoms in total. The van der Waals surface area contributed by atoms with E-state index < -0.39 is 20.4 Å². The normalized spacial score (nSPS) is 14.9. The molecule has 2 aromatic carbocycles. The molecular formula is C24H25N5O5S. The minimum Gasteiger partial charge on any atom is -0.325 e. The lowest BCUT2D eigenvalue weighted by Gasteiger charge is -2.28. The van der Waals surface area contributed by atoms with Crippen LogP contribution < -0.4 is 10.0 Å². The molecule has 0 saturated heterocycles. The third kappa shape index (κ3) is 5.14. The van der Waals surface area contributed by atoms with Gasteiger partial charge in [0, 0.05) is 29.2 Å². The van der Waals surface area contributed by atoms with E-state index >= 15 is 0 Å². The zero-order valence-electron chi connectivity index (χ0n) is 19.3. The number of nitrogens with one attached hydrogen (secondary N) is 2. The van der Waals surface area contributed by atoms with Crippen molar-refractivity contribution in [3.8, 4) is 0 Å². The van der Waals surface area contributed by atoms with Crippen LogP contribution in [-0.2, 0) is 20.2 Å². The molecule has 1 aliphatic rings. The van der Waals surface area contributed by atoms with E-state index in [-0.39, 0.29) is 22.4 Å². The number of nitrogens with zero attached hydrogens (tertiary/aromatic N) is 3. The Bertz CT molecular complexity index is 1350. The van der Waals surface area contributed by atoms with Gasteiger partial charge in [-0.2, -0.15) is 0 Å². The number of non-ortho nitro benzene ring substituents is 1. The summed E-state index contributed by atoms with van der Waals surface area (Å²) in [4.78, 5) is 32.1. The molecule has 0 spiro atoms. The Balaban J connectivity index is 1.52. The van der Waals surface area contributed by atoms with Crippen LogP contribution in [0, 0.1) is 24.0 Å². The Hall–Kier alpha value is -3.86. The fraction of sp³-hybridized carbons (Fsp3) is 0.292. The Morgan fingerprint density at radius 3 is 2.09 bits per heavy atom. The first-order chi connectivity index (χ1) is 16.6. The monoisotopic (exact) mass is 495 g/mol. The van der Waals surface area contributed by atoms with Crippen molar-refractivity contribution in [2.45, 2.75) is 49.8 Å². The highest BCUT2D eigenvalue weighted by Gasteiger charge is 2.42. The maximum absolute atomic E-state index is 13.4.